The Balaban J connectivity index is 0.000000272. The van der Waals surface area contributed by atoms with E-state index >= 15 is 0 Å². The van der Waals surface area contributed by atoms with E-state index in [0.717, 1.165) is 52.1 Å². The second-order valence-corrected chi connectivity index (χ2v) is 18.4. The van der Waals surface area contributed by atoms with Gasteiger partial charge in [0.15, 0.2) is 34.5 Å². The van der Waals surface area contributed by atoms with Crippen LogP contribution >= 0.6 is 0 Å². The predicted octanol–water partition coefficient (Wildman–Crippen LogP) is 6.44. The second kappa shape index (κ2) is 29.7. The summed E-state index contributed by atoms with van der Waals surface area (Å²) in [5, 5.41) is 107. The van der Waals surface area contributed by atoms with E-state index in [9.17, 15) is 70.6 Å². The molecule has 0 radical (unpaired) electrons. The molecular weight excluding hydrogens is 1070 g/mol. The van der Waals surface area contributed by atoms with Gasteiger partial charge in [0.05, 0.1) is 23.3 Å². The van der Waals surface area contributed by atoms with Gasteiger partial charge in [-0.2, -0.15) is 0 Å². The lowest BCUT2D eigenvalue weighted by Gasteiger charge is -2.14. The lowest BCUT2D eigenvalue weighted by molar-refractivity contribution is 0.0127. The van der Waals surface area contributed by atoms with Crippen molar-refractivity contribution in [1.82, 2.24) is 0 Å². The van der Waals surface area contributed by atoms with Crippen molar-refractivity contribution in [2.24, 2.45) is 0 Å². The van der Waals surface area contributed by atoms with Crippen LogP contribution in [0.25, 0.3) is 22.3 Å². The minimum atomic E-state index is -1.16. The SMILES string of the molecule is COCC(O)COc1ccc(-c2ccc(OCC(O)COC(=O)c3cc(O)c(O)c(O)c3)cc2)cc1.Cc1cc(C(=O)OCC(O)COc2ccc(-c3ccc(OCC(O)COC(=O)c4cc(O)c(O)c(O)c4)cc3)cc2)cc(O)c1C. The van der Waals surface area contributed by atoms with E-state index in [1.807, 2.05) is 48.5 Å². The molecule has 7 aromatic rings. The smallest absolute Gasteiger partial charge is 0.338 e. The van der Waals surface area contributed by atoms with Gasteiger partial charge >= 0.3 is 17.9 Å². The number of hydrogen-bond donors (Lipinski definition) is 11. The Labute approximate surface area is 469 Å². The molecule has 0 saturated carbocycles. The van der Waals surface area contributed by atoms with Crippen molar-refractivity contribution < 1.29 is 108 Å². The van der Waals surface area contributed by atoms with Crippen molar-refractivity contribution in [3.63, 3.8) is 0 Å². The van der Waals surface area contributed by atoms with Crippen LogP contribution < -0.4 is 18.9 Å². The molecule has 4 unspecified atom stereocenters. The number of aliphatic hydroxyl groups excluding tert-OH is 4. The standard InChI is InChI=1S/C34H34O12.C26H28O10/c1-19-11-23(12-29(37)20(19)2)33(41)45-17-25(35)15-43-27-7-3-21(4-8-27)22-5-9-28(10-6-22)44-16-26(36)18-46-34(42)24-13-30(38)32(40)31(39)14-24;1-33-12-19(27)13-34-21-6-2-16(3-7-21)17-4-8-22(9-5-17)35-14-20(28)15-36-26(32)18-10-23(29)25(31)24(30)11-18/h3-14,25-26,35-40H,15-18H2,1-2H3;2-11,19-20,27-31H,12-15H2,1H3. The molecule has 0 fully saturated rings. The molecule has 22 heteroatoms. The number of phenols is 7. The fraction of sp³-hybridized carbons (Fsp3) is 0.250. The Morgan fingerprint density at radius 3 is 0.854 bits per heavy atom. The van der Waals surface area contributed by atoms with E-state index in [4.69, 9.17) is 37.9 Å². The summed E-state index contributed by atoms with van der Waals surface area (Å²) in [7, 11) is 1.51. The van der Waals surface area contributed by atoms with Crippen LogP contribution in [0.5, 0.6) is 63.2 Å². The summed E-state index contributed by atoms with van der Waals surface area (Å²) in [6.45, 7) is 2.36. The zero-order chi connectivity index (χ0) is 59.5. The van der Waals surface area contributed by atoms with Crippen LogP contribution in [-0.2, 0) is 18.9 Å². The molecule has 4 atom stereocenters. The maximum Gasteiger partial charge on any atom is 0.338 e. The molecule has 0 bridgehead atoms. The molecular formula is C60H62O22. The third-order valence-corrected chi connectivity index (χ3v) is 11.9. The quantitative estimate of drug-likeness (QED) is 0.0167. The average Bonchev–Trinajstić information content (AvgIpc) is 3.53. The molecule has 0 amide bonds. The van der Waals surface area contributed by atoms with Gasteiger partial charge in [-0.05, 0) is 132 Å². The Kier molecular flexibility index (Phi) is 22.3. The lowest BCUT2D eigenvalue weighted by atomic mass is 10.1. The van der Waals surface area contributed by atoms with Crippen LogP contribution in [-0.4, -0.2) is 158 Å². The first-order valence-corrected chi connectivity index (χ1v) is 25.1. The van der Waals surface area contributed by atoms with Gasteiger partial charge in [-0.25, -0.2) is 14.4 Å². The molecule has 7 aromatic carbocycles. The van der Waals surface area contributed by atoms with Crippen molar-refractivity contribution in [3.05, 3.63) is 161 Å². The molecule has 434 valence electrons. The fourth-order valence-corrected chi connectivity index (χ4v) is 7.30. The highest BCUT2D eigenvalue weighted by atomic mass is 16.6. The fourth-order valence-electron chi connectivity index (χ4n) is 7.30. The Morgan fingerprint density at radius 1 is 0.354 bits per heavy atom. The highest BCUT2D eigenvalue weighted by Crippen LogP contribution is 2.37. The Bertz CT molecular complexity index is 3020. The molecule has 0 saturated heterocycles. The van der Waals surface area contributed by atoms with Gasteiger partial charge in [0, 0.05) is 7.11 Å². The van der Waals surface area contributed by atoms with Crippen molar-refractivity contribution >= 4 is 17.9 Å². The van der Waals surface area contributed by atoms with Crippen LogP contribution in [0.2, 0.25) is 0 Å². The van der Waals surface area contributed by atoms with Crippen molar-refractivity contribution in [2.45, 2.75) is 38.3 Å². The van der Waals surface area contributed by atoms with E-state index in [2.05, 4.69) is 0 Å². The van der Waals surface area contributed by atoms with E-state index in [1.165, 1.54) is 13.2 Å². The van der Waals surface area contributed by atoms with Gasteiger partial charge in [-0.3, -0.25) is 0 Å². The predicted molar refractivity (Wildman–Crippen MR) is 293 cm³/mol. The average molecular weight is 1140 g/mol. The summed E-state index contributed by atoms with van der Waals surface area (Å²) in [5.74, 6) is -4.60. The largest absolute Gasteiger partial charge is 0.508 e. The first-order chi connectivity index (χ1) is 39.2. The topological polar surface area (TPSA) is 348 Å². The molecule has 0 aromatic heterocycles. The summed E-state index contributed by atoms with van der Waals surface area (Å²) in [5.41, 5.74) is 4.86. The summed E-state index contributed by atoms with van der Waals surface area (Å²) >= 11 is 0. The van der Waals surface area contributed by atoms with Gasteiger partial charge in [-0.15, -0.1) is 0 Å². The number of aryl methyl sites for hydroxylation is 1. The number of rotatable bonds is 25. The number of methoxy groups -OCH3 is 1. The third-order valence-electron chi connectivity index (χ3n) is 11.9. The van der Waals surface area contributed by atoms with Crippen LogP contribution in [0.15, 0.2) is 133 Å². The second-order valence-electron chi connectivity index (χ2n) is 18.4. The number of aromatic hydroxyl groups is 7. The summed E-state index contributed by atoms with van der Waals surface area (Å²) in [6, 6.07) is 35.4. The van der Waals surface area contributed by atoms with Gasteiger partial charge in [0.25, 0.3) is 0 Å². The maximum absolute atomic E-state index is 12.3. The minimum Gasteiger partial charge on any atom is -0.508 e. The van der Waals surface area contributed by atoms with Crippen molar-refractivity contribution in [3.8, 4) is 85.5 Å². The molecule has 7 rings (SSSR count). The Hall–Kier alpha value is -9.45. The number of phenolic OH excluding ortho intramolecular Hbond substituents is 7. The molecule has 0 aliphatic rings. The van der Waals surface area contributed by atoms with E-state index in [1.54, 1.807) is 68.4 Å². The van der Waals surface area contributed by atoms with Crippen LogP contribution in [0.3, 0.4) is 0 Å². The first-order valence-electron chi connectivity index (χ1n) is 25.1. The number of carbonyl (C=O) groups is 3. The maximum atomic E-state index is 12.3. The van der Waals surface area contributed by atoms with Gasteiger partial charge in [0.2, 0.25) is 0 Å². The van der Waals surface area contributed by atoms with Crippen LogP contribution in [0.1, 0.15) is 42.2 Å². The van der Waals surface area contributed by atoms with Gasteiger partial charge in [0.1, 0.15) is 99.4 Å². The van der Waals surface area contributed by atoms with Gasteiger partial charge < -0.3 is 94.1 Å². The summed E-state index contributed by atoms with van der Waals surface area (Å²) < 4.78 is 42.2. The monoisotopic (exact) mass is 1130 g/mol. The summed E-state index contributed by atoms with van der Waals surface area (Å²) in [4.78, 5) is 36.4. The number of carbonyl (C=O) groups excluding carboxylic acids is 3. The number of esters is 3. The molecule has 0 aliphatic carbocycles. The zero-order valence-electron chi connectivity index (χ0n) is 44.6. The van der Waals surface area contributed by atoms with E-state index in [-0.39, 0.29) is 68.7 Å². The number of hydrogen-bond acceptors (Lipinski definition) is 22. The van der Waals surface area contributed by atoms with Crippen LogP contribution in [0, 0.1) is 13.8 Å². The number of aliphatic hydroxyl groups is 4. The molecule has 82 heavy (non-hydrogen) atoms. The third kappa shape index (κ3) is 18.3. The number of ether oxygens (including phenoxy) is 8. The van der Waals surface area contributed by atoms with E-state index in [0.29, 0.717) is 28.6 Å². The molecule has 0 heterocycles. The van der Waals surface area contributed by atoms with E-state index < -0.39 is 83.4 Å². The lowest BCUT2D eigenvalue weighted by Crippen LogP contribution is -2.25. The highest BCUT2D eigenvalue weighted by Gasteiger charge is 2.20. The van der Waals surface area contributed by atoms with Crippen LogP contribution in [0.4, 0.5) is 0 Å². The minimum absolute atomic E-state index is 0.00272. The Morgan fingerprint density at radius 2 is 0.598 bits per heavy atom. The first kappa shape index (κ1) is 61.8. The molecule has 11 N–H and O–H groups in total. The number of benzene rings is 7. The molecule has 0 spiro atoms. The molecule has 22 nitrogen and oxygen atoms in total. The van der Waals surface area contributed by atoms with Crippen molar-refractivity contribution in [1.29, 1.82) is 0 Å². The summed E-state index contributed by atoms with van der Waals surface area (Å²) in [6.07, 6.45) is -4.04. The zero-order valence-corrected chi connectivity index (χ0v) is 44.6. The van der Waals surface area contributed by atoms with Gasteiger partial charge in [-0.1, -0.05) is 48.5 Å². The normalized spacial score (nSPS) is 12.3. The highest BCUT2D eigenvalue weighted by molar-refractivity contribution is 5.92. The van der Waals surface area contributed by atoms with Crippen molar-refractivity contribution in [2.75, 3.05) is 60.0 Å². The molecule has 0 aliphatic heterocycles.